The maximum absolute atomic E-state index is 12.0. The molecule has 1 atom stereocenters. The Bertz CT molecular complexity index is 1150. The minimum atomic E-state index is -1.80. The fourth-order valence-electron chi connectivity index (χ4n) is 3.08. The average Bonchev–Trinajstić information content (AvgIpc) is 3.12. The van der Waals surface area contributed by atoms with Gasteiger partial charge in [-0.3, -0.25) is 0 Å². The van der Waals surface area contributed by atoms with Crippen molar-refractivity contribution in [1.29, 1.82) is 0 Å². The summed E-state index contributed by atoms with van der Waals surface area (Å²) in [4.78, 5) is 31.4. The minimum absolute atomic E-state index is 0.0850. The third kappa shape index (κ3) is 6.91. The first kappa shape index (κ1) is 25.0. The van der Waals surface area contributed by atoms with E-state index < -0.39 is 51.7 Å². The normalized spacial score (nSPS) is 12.4. The molecule has 3 rings (SSSR count). The van der Waals surface area contributed by atoms with Crippen LogP contribution in [0, 0.1) is 0 Å². The SMILES string of the molecule is CC(C)([S][Hg][c]1ccc(C(=O)O)cc1)[C@H](N=Cc1nc(Cc2ccccc2)oc1O)C(=O)O. The van der Waals surface area contributed by atoms with Crippen LogP contribution in [0.4, 0.5) is 0 Å². The van der Waals surface area contributed by atoms with E-state index >= 15 is 0 Å². The summed E-state index contributed by atoms with van der Waals surface area (Å²) in [6.45, 7) is 3.64. The molecule has 168 valence electrons. The second kappa shape index (κ2) is 11.0. The van der Waals surface area contributed by atoms with Gasteiger partial charge in [-0.1, -0.05) is 6.07 Å². The molecule has 0 bridgehead atoms. The van der Waals surface area contributed by atoms with Crippen LogP contribution in [-0.4, -0.2) is 49.2 Å². The number of carboxylic acid groups (broad SMARTS) is 2. The van der Waals surface area contributed by atoms with Crippen molar-refractivity contribution in [2.75, 3.05) is 0 Å². The zero-order chi connectivity index (χ0) is 24.0. The third-order valence-electron chi connectivity index (χ3n) is 4.93. The van der Waals surface area contributed by atoms with Crippen LogP contribution >= 0.6 is 8.24 Å². The molecule has 1 heterocycles. The van der Waals surface area contributed by atoms with Gasteiger partial charge in [0.25, 0.3) is 0 Å². The first-order valence-electron chi connectivity index (χ1n) is 10.1. The topological polar surface area (TPSA) is 133 Å². The molecule has 0 saturated carbocycles. The number of aromatic hydroxyl groups is 1. The number of aliphatic carboxylic acids is 1. The van der Waals surface area contributed by atoms with Crippen LogP contribution in [0.5, 0.6) is 5.95 Å². The molecule has 0 amide bonds. The number of hydrogen-bond acceptors (Lipinski definition) is 7. The Morgan fingerprint density at radius 3 is 2.42 bits per heavy atom. The molecule has 0 radical (unpaired) electrons. The standard InChI is InChI=1S/C16H18N2O4S.C7H5O2.Hg/c1-16(2,23)13(14(19)20)17-9-11-15(21)22-12(18-11)8-10-6-4-3-5-7-10;8-7(9)6-4-2-1-3-5-6;/h3-7,9,13,21,23H,8H2,1-2H3,(H,19,20);2-5H,(H,8,9);/q;;+1/p-1/t13-;;/m1../s1. The fourth-order valence-corrected chi connectivity index (χ4v) is 15.4. The molecule has 8 nitrogen and oxygen atoms in total. The zero-order valence-corrected chi connectivity index (χ0v) is 24.4. The van der Waals surface area contributed by atoms with Crippen LogP contribution in [0.15, 0.2) is 64.0 Å². The van der Waals surface area contributed by atoms with Gasteiger partial charge in [0.15, 0.2) is 0 Å². The number of aromatic nitrogens is 1. The Labute approximate surface area is 205 Å². The predicted molar refractivity (Wildman–Crippen MR) is 121 cm³/mol. The third-order valence-corrected chi connectivity index (χ3v) is 22.5. The summed E-state index contributed by atoms with van der Waals surface area (Å²) in [5.41, 5.74) is 1.28. The van der Waals surface area contributed by atoms with Crippen LogP contribution in [0.25, 0.3) is 0 Å². The summed E-state index contributed by atoms with van der Waals surface area (Å²) in [5, 5.41) is 28.9. The van der Waals surface area contributed by atoms with Crippen molar-refractivity contribution in [3.8, 4) is 5.95 Å². The van der Waals surface area contributed by atoms with Gasteiger partial charge in [0.1, 0.15) is 0 Å². The second-order valence-corrected chi connectivity index (χ2v) is 19.4. The van der Waals surface area contributed by atoms with Gasteiger partial charge in [0.2, 0.25) is 0 Å². The zero-order valence-electron chi connectivity index (χ0n) is 18.1. The Balaban J connectivity index is 1.70. The van der Waals surface area contributed by atoms with Crippen molar-refractivity contribution in [3.05, 3.63) is 77.3 Å². The second-order valence-electron chi connectivity index (χ2n) is 7.87. The Morgan fingerprint density at radius 2 is 1.82 bits per heavy atom. The van der Waals surface area contributed by atoms with Gasteiger partial charge in [-0.05, 0) is 0 Å². The molecule has 0 aliphatic rings. The number of aromatic carboxylic acids is 1. The van der Waals surface area contributed by atoms with Crippen LogP contribution in [0.2, 0.25) is 0 Å². The molecular formula is C23H22HgN2O6S. The summed E-state index contributed by atoms with van der Waals surface area (Å²) in [6.07, 6.45) is 1.63. The van der Waals surface area contributed by atoms with E-state index in [0.717, 1.165) is 8.64 Å². The summed E-state index contributed by atoms with van der Waals surface area (Å²) in [6, 6.07) is 15.2. The van der Waals surface area contributed by atoms with E-state index in [9.17, 15) is 19.8 Å². The van der Waals surface area contributed by atoms with E-state index in [1.165, 1.54) is 6.21 Å². The molecule has 0 spiro atoms. The Kier molecular flexibility index (Phi) is 8.31. The van der Waals surface area contributed by atoms with Crippen molar-refractivity contribution in [2.45, 2.75) is 31.1 Å². The van der Waals surface area contributed by atoms with Gasteiger partial charge < -0.3 is 0 Å². The number of hydrogen-bond donors (Lipinski definition) is 3. The number of oxazole rings is 1. The first-order chi connectivity index (χ1) is 15.7. The molecule has 2 aromatic carbocycles. The van der Waals surface area contributed by atoms with Gasteiger partial charge in [-0.25, -0.2) is 0 Å². The van der Waals surface area contributed by atoms with Crippen LogP contribution < -0.4 is 3.07 Å². The fraction of sp³-hybridized carbons (Fsp3) is 0.217. The number of nitrogens with zero attached hydrogens (tertiary/aromatic N) is 2. The van der Waals surface area contributed by atoms with E-state index in [-0.39, 0.29) is 11.3 Å². The quantitative estimate of drug-likeness (QED) is 0.224. The van der Waals surface area contributed by atoms with E-state index in [1.807, 2.05) is 44.2 Å². The van der Waals surface area contributed by atoms with E-state index in [2.05, 4.69) is 9.98 Å². The molecular weight excluding hydrogens is 633 g/mol. The molecule has 0 aliphatic carbocycles. The summed E-state index contributed by atoms with van der Waals surface area (Å²) >= 11 is -1.80. The van der Waals surface area contributed by atoms with Gasteiger partial charge in [-0.2, -0.15) is 0 Å². The number of benzene rings is 2. The monoisotopic (exact) mass is 656 g/mol. The average molecular weight is 655 g/mol. The number of rotatable bonds is 10. The van der Waals surface area contributed by atoms with E-state index in [4.69, 9.17) is 9.52 Å². The van der Waals surface area contributed by atoms with Crippen molar-refractivity contribution in [3.63, 3.8) is 0 Å². The molecule has 10 heteroatoms. The van der Waals surface area contributed by atoms with Crippen molar-refractivity contribution >= 4 is 29.5 Å². The van der Waals surface area contributed by atoms with Gasteiger partial charge in [-0.15, -0.1) is 0 Å². The number of carbonyl (C=O) groups is 2. The number of carboxylic acids is 2. The van der Waals surface area contributed by atoms with E-state index in [0.29, 0.717) is 12.3 Å². The molecule has 0 saturated heterocycles. The Hall–Kier alpha value is -2.65. The van der Waals surface area contributed by atoms with Crippen LogP contribution in [-0.2, 0) is 34.3 Å². The van der Waals surface area contributed by atoms with Crippen molar-refractivity contribution < 1.29 is 52.4 Å². The molecule has 3 N–H and O–H groups in total. The molecule has 33 heavy (non-hydrogen) atoms. The summed E-state index contributed by atoms with van der Waals surface area (Å²) in [7, 11) is 1.60. The number of aliphatic imine (C=N–C) groups is 1. The molecule has 0 fully saturated rings. The van der Waals surface area contributed by atoms with Crippen LogP contribution in [0.3, 0.4) is 0 Å². The van der Waals surface area contributed by atoms with Crippen molar-refractivity contribution in [1.82, 2.24) is 4.98 Å². The van der Waals surface area contributed by atoms with Gasteiger partial charge in [0, 0.05) is 0 Å². The maximum atomic E-state index is 12.0. The first-order valence-corrected chi connectivity index (χ1v) is 20.6. The molecule has 3 aromatic rings. The summed E-state index contributed by atoms with van der Waals surface area (Å²) in [5.74, 6) is -2.15. The van der Waals surface area contributed by atoms with E-state index in [1.54, 1.807) is 32.5 Å². The molecule has 0 unspecified atom stereocenters. The summed E-state index contributed by atoms with van der Waals surface area (Å²) < 4.78 is 5.68. The predicted octanol–water partition coefficient (Wildman–Crippen LogP) is 3.38. The Morgan fingerprint density at radius 1 is 1.15 bits per heavy atom. The van der Waals surface area contributed by atoms with Gasteiger partial charge in [0.05, 0.1) is 0 Å². The van der Waals surface area contributed by atoms with Crippen LogP contribution in [0.1, 0.15) is 41.4 Å². The molecule has 1 aromatic heterocycles. The van der Waals surface area contributed by atoms with Crippen molar-refractivity contribution in [2.24, 2.45) is 4.99 Å². The molecule has 0 aliphatic heterocycles. The van der Waals surface area contributed by atoms with Gasteiger partial charge >= 0.3 is 200 Å².